The molecule has 1 aromatic rings. The number of halogens is 2. The van der Waals surface area contributed by atoms with E-state index in [1.807, 2.05) is 0 Å². The number of nitrogens with zero attached hydrogens (tertiary/aromatic N) is 1. The van der Waals surface area contributed by atoms with Crippen LogP contribution in [0.15, 0.2) is 17.3 Å². The van der Waals surface area contributed by atoms with Gasteiger partial charge in [0.1, 0.15) is 5.75 Å². The Morgan fingerprint density at radius 2 is 2.15 bits per heavy atom. The van der Waals surface area contributed by atoms with Crippen molar-refractivity contribution in [2.45, 2.75) is 0 Å². The number of hydrogen-bond donors (Lipinski definition) is 1. The van der Waals surface area contributed by atoms with E-state index in [1.165, 1.54) is 13.3 Å². The lowest BCUT2D eigenvalue weighted by Gasteiger charge is -2.06. The van der Waals surface area contributed by atoms with E-state index in [1.54, 1.807) is 12.1 Å². The lowest BCUT2D eigenvalue weighted by atomic mass is 10.2. The third-order valence-corrected chi connectivity index (χ3v) is 1.94. The Hall–Kier alpha value is -0.930. The van der Waals surface area contributed by atoms with Gasteiger partial charge in [-0.1, -0.05) is 28.4 Å². The zero-order valence-corrected chi connectivity index (χ0v) is 8.30. The fourth-order valence-electron chi connectivity index (χ4n) is 0.954. The first kappa shape index (κ1) is 10.2. The largest absolute Gasteiger partial charge is 0.495 e. The smallest absolute Gasteiger partial charge is 0.146 e. The fourth-order valence-corrected chi connectivity index (χ4v) is 1.54. The van der Waals surface area contributed by atoms with Crippen LogP contribution in [0.1, 0.15) is 5.56 Å². The van der Waals surface area contributed by atoms with Gasteiger partial charge in [0.15, 0.2) is 0 Å². The van der Waals surface area contributed by atoms with Crippen LogP contribution in [0.3, 0.4) is 0 Å². The molecule has 0 fully saturated rings. The van der Waals surface area contributed by atoms with E-state index in [4.69, 9.17) is 33.1 Å². The first-order valence-electron chi connectivity index (χ1n) is 3.39. The molecule has 0 heterocycles. The molecule has 0 atom stereocenters. The molecule has 1 rings (SSSR count). The van der Waals surface area contributed by atoms with Crippen molar-refractivity contribution >= 4 is 29.4 Å². The molecule has 0 radical (unpaired) electrons. The van der Waals surface area contributed by atoms with Gasteiger partial charge in [-0.15, -0.1) is 0 Å². The monoisotopic (exact) mass is 219 g/mol. The summed E-state index contributed by atoms with van der Waals surface area (Å²) in [4.78, 5) is 0. The van der Waals surface area contributed by atoms with E-state index in [0.29, 0.717) is 21.4 Å². The summed E-state index contributed by atoms with van der Waals surface area (Å²) in [6.45, 7) is 0. The van der Waals surface area contributed by atoms with Gasteiger partial charge in [0, 0.05) is 10.6 Å². The molecule has 0 aromatic heterocycles. The second-order valence-corrected chi connectivity index (χ2v) is 3.10. The van der Waals surface area contributed by atoms with Crippen molar-refractivity contribution in [3.63, 3.8) is 0 Å². The molecule has 1 aromatic carbocycles. The summed E-state index contributed by atoms with van der Waals surface area (Å²) in [5, 5.41) is 12.1. The van der Waals surface area contributed by atoms with Crippen LogP contribution in [0.4, 0.5) is 0 Å². The SMILES string of the molecule is COc1c(Cl)cc(Cl)cc1C=NO. The van der Waals surface area contributed by atoms with Crippen LogP contribution in [0, 0.1) is 0 Å². The lowest BCUT2D eigenvalue weighted by molar-refractivity contribution is 0.321. The van der Waals surface area contributed by atoms with Crippen molar-refractivity contribution in [2.75, 3.05) is 7.11 Å². The molecule has 13 heavy (non-hydrogen) atoms. The van der Waals surface area contributed by atoms with Crippen LogP contribution >= 0.6 is 23.2 Å². The number of oxime groups is 1. The van der Waals surface area contributed by atoms with Gasteiger partial charge in [-0.2, -0.15) is 0 Å². The van der Waals surface area contributed by atoms with Crippen molar-refractivity contribution in [3.8, 4) is 5.75 Å². The molecule has 70 valence electrons. The van der Waals surface area contributed by atoms with Crippen molar-refractivity contribution in [1.82, 2.24) is 0 Å². The minimum absolute atomic E-state index is 0.380. The maximum absolute atomic E-state index is 8.35. The van der Waals surface area contributed by atoms with E-state index in [9.17, 15) is 0 Å². The molecular weight excluding hydrogens is 213 g/mol. The summed E-state index contributed by atoms with van der Waals surface area (Å²) in [5.74, 6) is 0.434. The average molecular weight is 220 g/mol. The molecule has 0 aliphatic rings. The molecule has 0 saturated heterocycles. The van der Waals surface area contributed by atoms with Gasteiger partial charge in [-0.3, -0.25) is 0 Å². The summed E-state index contributed by atoms with van der Waals surface area (Å²) < 4.78 is 4.99. The number of hydrogen-bond acceptors (Lipinski definition) is 3. The highest BCUT2D eigenvalue weighted by atomic mass is 35.5. The fraction of sp³-hybridized carbons (Fsp3) is 0.125. The minimum Gasteiger partial charge on any atom is -0.495 e. The van der Waals surface area contributed by atoms with Gasteiger partial charge in [0.2, 0.25) is 0 Å². The molecule has 0 spiro atoms. The highest BCUT2D eigenvalue weighted by Gasteiger charge is 2.07. The van der Waals surface area contributed by atoms with Crippen LogP contribution in [0.5, 0.6) is 5.75 Å². The van der Waals surface area contributed by atoms with E-state index >= 15 is 0 Å². The molecule has 0 saturated carbocycles. The summed E-state index contributed by atoms with van der Waals surface area (Å²) in [6.07, 6.45) is 1.20. The summed E-state index contributed by atoms with van der Waals surface area (Å²) in [7, 11) is 1.48. The van der Waals surface area contributed by atoms with Crippen LogP contribution < -0.4 is 4.74 Å². The summed E-state index contributed by atoms with van der Waals surface area (Å²) in [5.41, 5.74) is 0.530. The Morgan fingerprint density at radius 3 is 2.69 bits per heavy atom. The Morgan fingerprint density at radius 1 is 1.46 bits per heavy atom. The minimum atomic E-state index is 0.380. The first-order chi connectivity index (χ1) is 6.19. The molecule has 0 amide bonds. The molecule has 3 nitrogen and oxygen atoms in total. The van der Waals surface area contributed by atoms with Gasteiger partial charge in [-0.05, 0) is 12.1 Å². The standard InChI is InChI=1S/C8H7Cl2NO2/c1-13-8-5(4-11-12)2-6(9)3-7(8)10/h2-4,12H,1H3. The zero-order valence-electron chi connectivity index (χ0n) is 6.79. The number of methoxy groups -OCH3 is 1. The Kier molecular flexibility index (Phi) is 3.39. The van der Waals surface area contributed by atoms with Gasteiger partial charge >= 0.3 is 0 Å². The lowest BCUT2D eigenvalue weighted by Crippen LogP contribution is -1.92. The highest BCUT2D eigenvalue weighted by Crippen LogP contribution is 2.30. The number of benzene rings is 1. The Bertz CT molecular complexity index is 339. The predicted molar refractivity (Wildman–Crippen MR) is 52.4 cm³/mol. The van der Waals surface area contributed by atoms with Gasteiger partial charge < -0.3 is 9.94 Å². The van der Waals surface area contributed by atoms with Crippen LogP contribution in [-0.4, -0.2) is 18.5 Å². The Balaban J connectivity index is 3.29. The highest BCUT2D eigenvalue weighted by molar-refractivity contribution is 6.36. The van der Waals surface area contributed by atoms with Gasteiger partial charge in [0.25, 0.3) is 0 Å². The van der Waals surface area contributed by atoms with E-state index in [-0.39, 0.29) is 0 Å². The van der Waals surface area contributed by atoms with Gasteiger partial charge in [-0.25, -0.2) is 0 Å². The molecule has 1 N–H and O–H groups in total. The van der Waals surface area contributed by atoms with Crippen LogP contribution in [0.25, 0.3) is 0 Å². The second-order valence-electron chi connectivity index (χ2n) is 2.25. The molecule has 0 bridgehead atoms. The van der Waals surface area contributed by atoms with E-state index in [2.05, 4.69) is 5.16 Å². The maximum Gasteiger partial charge on any atom is 0.146 e. The van der Waals surface area contributed by atoms with Crippen molar-refractivity contribution in [1.29, 1.82) is 0 Å². The van der Waals surface area contributed by atoms with E-state index < -0.39 is 0 Å². The summed E-state index contributed by atoms with van der Waals surface area (Å²) >= 11 is 11.5. The van der Waals surface area contributed by atoms with Crippen molar-refractivity contribution in [2.24, 2.45) is 5.16 Å². The zero-order chi connectivity index (χ0) is 9.84. The average Bonchev–Trinajstić information content (AvgIpc) is 2.04. The Labute approximate surface area is 85.5 Å². The molecule has 0 unspecified atom stereocenters. The van der Waals surface area contributed by atoms with Crippen molar-refractivity contribution < 1.29 is 9.94 Å². The maximum atomic E-state index is 8.35. The quantitative estimate of drug-likeness (QED) is 0.473. The van der Waals surface area contributed by atoms with E-state index in [0.717, 1.165) is 0 Å². The topological polar surface area (TPSA) is 41.8 Å². The summed E-state index contributed by atoms with van der Waals surface area (Å²) in [6, 6.07) is 3.14. The molecule has 0 aliphatic carbocycles. The van der Waals surface area contributed by atoms with Crippen LogP contribution in [-0.2, 0) is 0 Å². The second kappa shape index (κ2) is 4.35. The third kappa shape index (κ3) is 2.26. The third-order valence-electron chi connectivity index (χ3n) is 1.44. The van der Waals surface area contributed by atoms with Crippen molar-refractivity contribution in [3.05, 3.63) is 27.7 Å². The number of ether oxygens (including phenoxy) is 1. The van der Waals surface area contributed by atoms with Gasteiger partial charge in [0.05, 0.1) is 18.3 Å². The number of rotatable bonds is 2. The molecule has 5 heteroatoms. The van der Waals surface area contributed by atoms with Crippen LogP contribution in [0.2, 0.25) is 10.0 Å². The molecular formula is C8H7Cl2NO2. The normalized spacial score (nSPS) is 10.7. The first-order valence-corrected chi connectivity index (χ1v) is 4.15. The molecule has 0 aliphatic heterocycles. The predicted octanol–water partition coefficient (Wildman–Crippen LogP) is 2.81.